The number of aryl methyl sites for hydroxylation is 1. The summed E-state index contributed by atoms with van der Waals surface area (Å²) in [6, 6.07) is 9.80. The van der Waals surface area contributed by atoms with Crippen molar-refractivity contribution in [2.24, 2.45) is 7.05 Å². The van der Waals surface area contributed by atoms with Crippen LogP contribution in [0.3, 0.4) is 0 Å². The van der Waals surface area contributed by atoms with Gasteiger partial charge in [0.2, 0.25) is 0 Å². The van der Waals surface area contributed by atoms with Gasteiger partial charge in [0.15, 0.2) is 0 Å². The average Bonchev–Trinajstić information content (AvgIpc) is 2.73. The topological polar surface area (TPSA) is 41.1 Å². The Hall–Kier alpha value is -1.88. The van der Waals surface area contributed by atoms with Crippen LogP contribution < -0.4 is 27.1 Å². The minimum atomic E-state index is -0.0844. The Kier molecular flexibility index (Phi) is 3.34. The Morgan fingerprint density at radius 3 is 2.67 bits per heavy atom. The van der Waals surface area contributed by atoms with E-state index in [-0.39, 0.29) is 22.5 Å². The quantitative estimate of drug-likeness (QED) is 0.526. The molecular formula is C13H12BrN3O. The first-order valence-corrected chi connectivity index (χ1v) is 5.41. The third-order valence-electron chi connectivity index (χ3n) is 2.83. The summed E-state index contributed by atoms with van der Waals surface area (Å²) in [7, 11) is 1.85. The molecule has 0 atom stereocenters. The maximum Gasteiger partial charge on any atom is 0.352 e. The van der Waals surface area contributed by atoms with Crippen molar-refractivity contribution < 1.29 is 21.5 Å². The van der Waals surface area contributed by atoms with Crippen molar-refractivity contribution in [2.75, 3.05) is 0 Å². The number of fused-ring (bicyclic) bond motifs is 1. The third-order valence-corrected chi connectivity index (χ3v) is 2.83. The van der Waals surface area contributed by atoms with Crippen LogP contribution in [0.25, 0.3) is 16.9 Å². The maximum atomic E-state index is 12.0. The summed E-state index contributed by atoms with van der Waals surface area (Å²) in [5.41, 5.74) is 2.37. The highest BCUT2D eigenvalue weighted by Crippen LogP contribution is 2.14. The Labute approximate surface area is 114 Å². The zero-order valence-electron chi connectivity index (χ0n) is 9.80. The van der Waals surface area contributed by atoms with Crippen LogP contribution in [0.1, 0.15) is 0 Å². The van der Waals surface area contributed by atoms with Gasteiger partial charge in [-0.05, 0) is 0 Å². The second kappa shape index (κ2) is 4.78. The molecule has 4 nitrogen and oxygen atoms in total. The summed E-state index contributed by atoms with van der Waals surface area (Å²) < 4.78 is 3.63. The number of benzene rings is 1. The van der Waals surface area contributed by atoms with Crippen LogP contribution >= 0.6 is 0 Å². The van der Waals surface area contributed by atoms with E-state index in [2.05, 4.69) is 4.98 Å². The molecule has 5 heteroatoms. The molecule has 2 heterocycles. The van der Waals surface area contributed by atoms with Crippen LogP contribution in [0.4, 0.5) is 0 Å². The van der Waals surface area contributed by atoms with Gasteiger partial charge in [0, 0.05) is 5.56 Å². The van der Waals surface area contributed by atoms with E-state index in [0.717, 1.165) is 11.3 Å². The molecule has 18 heavy (non-hydrogen) atoms. The standard InChI is InChI=1S/C13H11N3O.BrH/c1-15-7-8-16-9-11(14-12(17)13(15)16)10-5-3-2-4-6-10;/h2-9H,1H3;1H. The zero-order chi connectivity index (χ0) is 11.8. The highest BCUT2D eigenvalue weighted by molar-refractivity contribution is 5.58. The Morgan fingerprint density at radius 1 is 1.22 bits per heavy atom. The van der Waals surface area contributed by atoms with Crippen LogP contribution in [-0.4, -0.2) is 9.38 Å². The third kappa shape index (κ3) is 1.97. The first kappa shape index (κ1) is 12.6. The summed E-state index contributed by atoms with van der Waals surface area (Å²) in [4.78, 5) is 14.9. The summed E-state index contributed by atoms with van der Waals surface area (Å²) in [6.45, 7) is 0. The van der Waals surface area contributed by atoms with Crippen molar-refractivity contribution in [1.29, 1.82) is 0 Å². The van der Waals surface area contributed by atoms with Gasteiger partial charge in [-0.1, -0.05) is 30.3 Å². The van der Waals surface area contributed by atoms with Gasteiger partial charge in [0.25, 0.3) is 0 Å². The number of rotatable bonds is 1. The molecule has 92 valence electrons. The van der Waals surface area contributed by atoms with Crippen LogP contribution in [0.15, 0.2) is 53.7 Å². The highest BCUT2D eigenvalue weighted by atomic mass is 79.9. The van der Waals surface area contributed by atoms with E-state index in [1.165, 1.54) is 0 Å². The lowest BCUT2D eigenvalue weighted by Gasteiger charge is -1.99. The predicted octanol–water partition coefficient (Wildman–Crippen LogP) is -1.88. The highest BCUT2D eigenvalue weighted by Gasteiger charge is 2.12. The van der Waals surface area contributed by atoms with Crippen LogP contribution in [0.2, 0.25) is 0 Å². The first-order valence-electron chi connectivity index (χ1n) is 5.41. The van der Waals surface area contributed by atoms with E-state index >= 15 is 0 Å². The van der Waals surface area contributed by atoms with Crippen LogP contribution in [0.5, 0.6) is 0 Å². The molecule has 0 amide bonds. The molecule has 0 saturated carbocycles. The van der Waals surface area contributed by atoms with Gasteiger partial charge >= 0.3 is 11.2 Å². The molecule has 0 spiro atoms. The van der Waals surface area contributed by atoms with Gasteiger partial charge in [-0.15, -0.1) is 0 Å². The SMILES string of the molecule is C[n+]1ccn2cc(-c3ccccc3)[nH]c(=O)c21.[Br-]. The van der Waals surface area contributed by atoms with Crippen molar-refractivity contribution in [2.45, 2.75) is 0 Å². The van der Waals surface area contributed by atoms with Gasteiger partial charge in [-0.2, -0.15) is 4.40 Å². The second-order valence-electron chi connectivity index (χ2n) is 4.00. The van der Waals surface area contributed by atoms with E-state index in [1.807, 2.05) is 60.4 Å². The normalized spacial score (nSPS) is 10.3. The summed E-state index contributed by atoms with van der Waals surface area (Å²) in [5.74, 6) is 0. The molecule has 0 unspecified atom stereocenters. The number of halogens is 1. The molecule has 3 rings (SSSR count). The van der Waals surface area contributed by atoms with Crippen LogP contribution in [0, 0.1) is 0 Å². The lowest BCUT2D eigenvalue weighted by atomic mass is 10.2. The molecular weight excluding hydrogens is 294 g/mol. The van der Waals surface area contributed by atoms with Crippen molar-refractivity contribution in [3.63, 3.8) is 0 Å². The number of H-pyrrole nitrogens is 1. The molecule has 0 aliphatic carbocycles. The van der Waals surface area contributed by atoms with E-state index in [1.54, 1.807) is 4.57 Å². The number of aromatic nitrogens is 3. The van der Waals surface area contributed by atoms with E-state index in [4.69, 9.17) is 0 Å². The van der Waals surface area contributed by atoms with Gasteiger partial charge in [-0.3, -0.25) is 4.79 Å². The summed E-state index contributed by atoms with van der Waals surface area (Å²) in [6.07, 6.45) is 5.66. The Bertz CT molecular complexity index is 731. The van der Waals surface area contributed by atoms with Gasteiger partial charge in [0.1, 0.15) is 18.6 Å². The number of hydrogen-bond acceptors (Lipinski definition) is 1. The second-order valence-corrected chi connectivity index (χ2v) is 4.00. The fourth-order valence-electron chi connectivity index (χ4n) is 1.99. The van der Waals surface area contributed by atoms with Crippen molar-refractivity contribution in [1.82, 2.24) is 9.38 Å². The minimum Gasteiger partial charge on any atom is -1.00 e. The number of hydrogen-bond donors (Lipinski definition) is 1. The molecule has 0 saturated heterocycles. The molecule has 3 aromatic rings. The predicted molar refractivity (Wildman–Crippen MR) is 64.6 cm³/mol. The fourth-order valence-corrected chi connectivity index (χ4v) is 1.99. The smallest absolute Gasteiger partial charge is 0.352 e. The molecule has 0 aliphatic rings. The average molecular weight is 306 g/mol. The Balaban J connectivity index is 0.00000120. The van der Waals surface area contributed by atoms with E-state index in [0.29, 0.717) is 5.65 Å². The number of aromatic amines is 1. The Morgan fingerprint density at radius 2 is 1.94 bits per heavy atom. The molecule has 1 aromatic carbocycles. The zero-order valence-corrected chi connectivity index (χ0v) is 11.4. The monoisotopic (exact) mass is 305 g/mol. The first-order chi connectivity index (χ1) is 8.25. The molecule has 0 bridgehead atoms. The van der Waals surface area contributed by atoms with E-state index in [9.17, 15) is 4.79 Å². The minimum absolute atomic E-state index is 0. The van der Waals surface area contributed by atoms with Crippen LogP contribution in [-0.2, 0) is 7.05 Å². The molecule has 0 radical (unpaired) electrons. The molecule has 2 aromatic heterocycles. The van der Waals surface area contributed by atoms with E-state index < -0.39 is 0 Å². The lowest BCUT2D eigenvalue weighted by molar-refractivity contribution is -0.645. The number of nitrogens with one attached hydrogen (secondary N) is 1. The van der Waals surface area contributed by atoms with Gasteiger partial charge in [-0.25, -0.2) is 4.57 Å². The van der Waals surface area contributed by atoms with Crippen molar-refractivity contribution >= 4 is 5.65 Å². The largest absolute Gasteiger partial charge is 1.00 e. The maximum absolute atomic E-state index is 12.0. The van der Waals surface area contributed by atoms with Gasteiger partial charge < -0.3 is 22.0 Å². The number of nitrogens with zero attached hydrogens (tertiary/aromatic N) is 2. The summed E-state index contributed by atoms with van der Waals surface area (Å²) in [5, 5.41) is 0. The summed E-state index contributed by atoms with van der Waals surface area (Å²) >= 11 is 0. The fraction of sp³-hybridized carbons (Fsp3) is 0.0769. The number of imidazole rings is 1. The van der Waals surface area contributed by atoms with Crippen molar-refractivity contribution in [3.05, 3.63) is 59.3 Å². The molecule has 0 fully saturated rings. The van der Waals surface area contributed by atoms with Gasteiger partial charge in [0.05, 0.1) is 12.7 Å². The molecule has 0 aliphatic heterocycles. The molecule has 1 N–H and O–H groups in total. The van der Waals surface area contributed by atoms with Crippen molar-refractivity contribution in [3.8, 4) is 11.3 Å². The lowest BCUT2D eigenvalue weighted by Crippen LogP contribution is -3.00.